The molecule has 6 heteroatoms. The zero-order chi connectivity index (χ0) is 19.8. The van der Waals surface area contributed by atoms with Crippen LogP contribution in [0.3, 0.4) is 0 Å². The summed E-state index contributed by atoms with van der Waals surface area (Å²) in [5, 5.41) is 14.4. The predicted molar refractivity (Wildman–Crippen MR) is 108 cm³/mol. The van der Waals surface area contributed by atoms with Crippen LogP contribution in [0.15, 0.2) is 67.0 Å². The molecule has 5 rings (SSSR count). The molecule has 2 atom stereocenters. The van der Waals surface area contributed by atoms with E-state index in [1.165, 1.54) is 0 Å². The fourth-order valence-corrected chi connectivity index (χ4v) is 4.59. The summed E-state index contributed by atoms with van der Waals surface area (Å²) >= 11 is 0. The zero-order valence-corrected chi connectivity index (χ0v) is 16.1. The van der Waals surface area contributed by atoms with Crippen LogP contribution in [0.5, 0.6) is 5.75 Å². The van der Waals surface area contributed by atoms with Crippen molar-refractivity contribution in [3.63, 3.8) is 0 Å². The quantitative estimate of drug-likeness (QED) is 0.745. The molecule has 2 aliphatic rings. The first-order chi connectivity index (χ1) is 14.2. The second-order valence-electron chi connectivity index (χ2n) is 7.99. The maximum absolute atomic E-state index is 13.3. The molecule has 2 aliphatic heterocycles. The first-order valence-corrected chi connectivity index (χ1v) is 9.87. The normalized spacial score (nSPS) is 22.7. The van der Waals surface area contributed by atoms with Gasteiger partial charge in [-0.3, -0.25) is 9.48 Å². The van der Waals surface area contributed by atoms with Gasteiger partial charge in [0.2, 0.25) is 0 Å². The number of nitrogens with zero attached hydrogens (tertiary/aromatic N) is 3. The highest BCUT2D eigenvalue weighted by molar-refractivity contribution is 5.94. The first-order valence-electron chi connectivity index (χ1n) is 9.87. The molecule has 0 aliphatic carbocycles. The van der Waals surface area contributed by atoms with Crippen molar-refractivity contribution in [3.8, 4) is 5.75 Å². The van der Waals surface area contributed by atoms with Crippen LogP contribution in [0.2, 0.25) is 0 Å². The molecule has 1 amide bonds. The van der Waals surface area contributed by atoms with Crippen LogP contribution < -0.4 is 4.74 Å². The number of para-hydroxylation sites is 1. The van der Waals surface area contributed by atoms with Crippen molar-refractivity contribution in [2.24, 2.45) is 5.41 Å². The van der Waals surface area contributed by atoms with E-state index in [1.807, 2.05) is 70.4 Å². The van der Waals surface area contributed by atoms with Gasteiger partial charge in [0, 0.05) is 37.0 Å². The Morgan fingerprint density at radius 1 is 1.21 bits per heavy atom. The second-order valence-corrected chi connectivity index (χ2v) is 7.99. The number of aliphatic hydroxyl groups excluding tert-OH is 1. The maximum Gasteiger partial charge on any atom is 0.253 e. The highest BCUT2D eigenvalue weighted by atomic mass is 16.5. The van der Waals surface area contributed by atoms with Gasteiger partial charge in [-0.05, 0) is 35.4 Å². The Balaban J connectivity index is 1.40. The third-order valence-electron chi connectivity index (χ3n) is 6.14. The number of carbonyl (C=O) groups excluding carboxylic acids is 1. The van der Waals surface area contributed by atoms with Gasteiger partial charge in [-0.1, -0.05) is 30.3 Å². The fraction of sp³-hybridized carbons (Fsp3) is 0.304. The Morgan fingerprint density at radius 2 is 2.10 bits per heavy atom. The highest BCUT2D eigenvalue weighted by Gasteiger charge is 2.52. The summed E-state index contributed by atoms with van der Waals surface area (Å²) in [4.78, 5) is 15.2. The molecule has 1 N–H and O–H groups in total. The number of aromatic nitrogens is 2. The molecule has 0 spiro atoms. The molecule has 0 radical (unpaired) electrons. The molecule has 6 nitrogen and oxygen atoms in total. The monoisotopic (exact) mass is 389 g/mol. The van der Waals surface area contributed by atoms with Gasteiger partial charge in [0.1, 0.15) is 5.75 Å². The van der Waals surface area contributed by atoms with Crippen molar-refractivity contribution < 1.29 is 14.6 Å². The number of ether oxygens (including phenoxy) is 1. The van der Waals surface area contributed by atoms with Gasteiger partial charge in [0.25, 0.3) is 5.91 Å². The van der Waals surface area contributed by atoms with E-state index in [0.29, 0.717) is 31.8 Å². The lowest BCUT2D eigenvalue weighted by Crippen LogP contribution is -2.42. The second kappa shape index (κ2) is 7.04. The minimum absolute atomic E-state index is 0.00484. The van der Waals surface area contributed by atoms with Crippen molar-refractivity contribution in [2.45, 2.75) is 12.5 Å². The molecular weight excluding hydrogens is 366 g/mol. The Bertz CT molecular complexity index is 1030. The number of hydrogen-bond donors (Lipinski definition) is 1. The third-order valence-corrected chi connectivity index (χ3v) is 6.14. The number of benzene rings is 2. The lowest BCUT2D eigenvalue weighted by Gasteiger charge is -2.37. The highest BCUT2D eigenvalue weighted by Crippen LogP contribution is 2.49. The topological polar surface area (TPSA) is 67.6 Å². The van der Waals surface area contributed by atoms with Crippen molar-refractivity contribution in [3.05, 3.63) is 83.7 Å². The van der Waals surface area contributed by atoms with E-state index in [1.54, 1.807) is 6.20 Å². The van der Waals surface area contributed by atoms with Gasteiger partial charge in [-0.2, -0.15) is 5.10 Å². The van der Waals surface area contributed by atoms with Crippen molar-refractivity contribution in [1.29, 1.82) is 0 Å². The molecule has 1 unspecified atom stereocenters. The number of carbonyl (C=O) groups is 1. The minimum atomic E-state index is -0.448. The predicted octanol–water partition coefficient (Wildman–Crippen LogP) is 2.54. The Morgan fingerprint density at radius 3 is 2.93 bits per heavy atom. The van der Waals surface area contributed by atoms with Crippen LogP contribution in [0.25, 0.3) is 0 Å². The molecule has 1 fully saturated rings. The van der Waals surface area contributed by atoms with Gasteiger partial charge < -0.3 is 14.7 Å². The van der Waals surface area contributed by atoms with Gasteiger partial charge in [0.15, 0.2) is 0 Å². The zero-order valence-electron chi connectivity index (χ0n) is 16.1. The smallest absolute Gasteiger partial charge is 0.253 e. The molecule has 3 aromatic rings. The third kappa shape index (κ3) is 3.09. The largest absolute Gasteiger partial charge is 0.493 e. The number of fused-ring (bicyclic) bond motifs is 3. The minimum Gasteiger partial charge on any atom is -0.493 e. The SMILES string of the molecule is O=C(c1cccc(Cn2cccn2)c1)N1CC2c3ccccc3OC[C@]2(CO)C1. The molecule has 29 heavy (non-hydrogen) atoms. The average Bonchev–Trinajstić information content (AvgIpc) is 3.41. The Kier molecular flexibility index (Phi) is 4.36. The Labute approximate surface area is 169 Å². The summed E-state index contributed by atoms with van der Waals surface area (Å²) in [6, 6.07) is 17.5. The number of rotatable bonds is 4. The van der Waals surface area contributed by atoms with E-state index in [-0.39, 0.29) is 18.4 Å². The van der Waals surface area contributed by atoms with Crippen LogP contribution in [0, 0.1) is 5.41 Å². The maximum atomic E-state index is 13.3. The number of likely N-dealkylation sites (tertiary alicyclic amines) is 1. The van der Waals surface area contributed by atoms with E-state index in [4.69, 9.17) is 4.74 Å². The summed E-state index contributed by atoms with van der Waals surface area (Å²) < 4.78 is 7.77. The molecule has 0 bridgehead atoms. The van der Waals surface area contributed by atoms with Gasteiger partial charge >= 0.3 is 0 Å². The van der Waals surface area contributed by atoms with Crippen LogP contribution in [0.1, 0.15) is 27.4 Å². The lowest BCUT2D eigenvalue weighted by molar-refractivity contribution is 0.0440. The summed E-state index contributed by atoms with van der Waals surface area (Å²) in [6.07, 6.45) is 3.65. The molecule has 1 aromatic heterocycles. The van der Waals surface area contributed by atoms with E-state index in [0.717, 1.165) is 16.9 Å². The van der Waals surface area contributed by atoms with Gasteiger partial charge in [0.05, 0.1) is 25.2 Å². The number of hydrogen-bond acceptors (Lipinski definition) is 4. The van der Waals surface area contributed by atoms with E-state index in [9.17, 15) is 9.90 Å². The Hall–Kier alpha value is -3.12. The summed E-state index contributed by atoms with van der Waals surface area (Å²) in [6.45, 7) is 2.12. The standard InChI is InChI=1S/C23H23N3O3/c27-15-23-14-25(13-20(23)19-7-1-2-8-21(19)29-16-23)22(28)18-6-3-5-17(11-18)12-26-10-4-9-24-26/h1-11,20,27H,12-16H2/t20?,23-/m1/s1. The van der Waals surface area contributed by atoms with E-state index in [2.05, 4.69) is 5.10 Å². The number of amides is 1. The molecule has 148 valence electrons. The van der Waals surface area contributed by atoms with E-state index >= 15 is 0 Å². The molecule has 3 heterocycles. The van der Waals surface area contributed by atoms with Crippen molar-refractivity contribution in [2.75, 3.05) is 26.3 Å². The molecule has 2 aromatic carbocycles. The van der Waals surface area contributed by atoms with Crippen LogP contribution in [-0.2, 0) is 6.54 Å². The summed E-state index contributed by atoms with van der Waals surface area (Å²) in [5.41, 5.74) is 2.32. The lowest BCUT2D eigenvalue weighted by atomic mass is 9.74. The molecule has 0 saturated carbocycles. The van der Waals surface area contributed by atoms with Crippen molar-refractivity contribution in [1.82, 2.24) is 14.7 Å². The molecular formula is C23H23N3O3. The summed E-state index contributed by atoms with van der Waals surface area (Å²) in [7, 11) is 0. The van der Waals surface area contributed by atoms with Crippen LogP contribution in [-0.4, -0.2) is 52.0 Å². The van der Waals surface area contributed by atoms with E-state index < -0.39 is 5.41 Å². The van der Waals surface area contributed by atoms with Crippen molar-refractivity contribution >= 4 is 5.91 Å². The van der Waals surface area contributed by atoms with Gasteiger partial charge in [-0.15, -0.1) is 0 Å². The number of aliphatic hydroxyl groups is 1. The summed E-state index contributed by atoms with van der Waals surface area (Å²) in [5.74, 6) is 0.928. The molecule has 1 saturated heterocycles. The van der Waals surface area contributed by atoms with Crippen LogP contribution >= 0.6 is 0 Å². The van der Waals surface area contributed by atoms with Gasteiger partial charge in [-0.25, -0.2) is 0 Å². The first kappa shape index (κ1) is 17.9. The average molecular weight is 389 g/mol. The van der Waals surface area contributed by atoms with Crippen LogP contribution in [0.4, 0.5) is 0 Å². The fourth-order valence-electron chi connectivity index (χ4n) is 4.59.